The third-order valence-corrected chi connectivity index (χ3v) is 8.46. The van der Waals surface area contributed by atoms with E-state index in [1.807, 2.05) is 89.1 Å². The van der Waals surface area contributed by atoms with Gasteiger partial charge in [-0.3, -0.25) is 9.69 Å². The van der Waals surface area contributed by atoms with Crippen LogP contribution in [0.4, 0.5) is 4.39 Å². The smallest absolute Gasteiger partial charge is 0.273 e. The van der Waals surface area contributed by atoms with Gasteiger partial charge in [0.25, 0.3) is 5.91 Å². The maximum Gasteiger partial charge on any atom is 0.273 e. The van der Waals surface area contributed by atoms with Crippen LogP contribution < -0.4 is 9.47 Å². The van der Waals surface area contributed by atoms with Crippen molar-refractivity contribution in [3.8, 4) is 11.5 Å². The van der Waals surface area contributed by atoms with Gasteiger partial charge in [0.1, 0.15) is 16.5 Å². The normalized spacial score (nSPS) is 11.0. The third-order valence-electron chi connectivity index (χ3n) is 7.63. The highest BCUT2D eigenvalue weighted by atomic mass is 32.1. The van der Waals surface area contributed by atoms with Crippen molar-refractivity contribution < 1.29 is 18.7 Å². The van der Waals surface area contributed by atoms with Crippen LogP contribution in [0.2, 0.25) is 0 Å². The van der Waals surface area contributed by atoms with Crippen LogP contribution in [-0.4, -0.2) is 48.0 Å². The van der Waals surface area contributed by atoms with Gasteiger partial charge >= 0.3 is 0 Å². The fourth-order valence-corrected chi connectivity index (χ4v) is 5.99. The number of carbonyl (C=O) groups excluding carboxylic acids is 1. The number of nitrogens with zero attached hydrogens (tertiary/aromatic N) is 3. The Kier molecular flexibility index (Phi) is 11.3. The number of carbonyl (C=O) groups is 1. The fourth-order valence-electron chi connectivity index (χ4n) is 5.19. The van der Waals surface area contributed by atoms with Crippen LogP contribution >= 0.6 is 11.3 Å². The Morgan fingerprint density at radius 3 is 2.02 bits per heavy atom. The number of hydrogen-bond donors (Lipinski definition) is 0. The molecule has 0 radical (unpaired) electrons. The van der Waals surface area contributed by atoms with Crippen molar-refractivity contribution in [2.24, 2.45) is 0 Å². The highest BCUT2D eigenvalue weighted by Gasteiger charge is 2.20. The van der Waals surface area contributed by atoms with Gasteiger partial charge < -0.3 is 14.4 Å². The molecule has 0 fully saturated rings. The number of rotatable bonds is 15. The van der Waals surface area contributed by atoms with Crippen LogP contribution in [0.5, 0.6) is 11.5 Å². The highest BCUT2D eigenvalue weighted by molar-refractivity contribution is 7.09. The highest BCUT2D eigenvalue weighted by Crippen LogP contribution is 2.28. The van der Waals surface area contributed by atoms with E-state index in [1.165, 1.54) is 29.0 Å². The fraction of sp³-hybridized carbons (Fsp3) is 0.243. The van der Waals surface area contributed by atoms with E-state index in [1.54, 1.807) is 14.2 Å². The SMILES string of the molecule is COc1ccc(CCN(Cc2ccc(F)cc2)Cc2nc(C(=O)N(CCc3ccccc3)Cc3ccccc3)cs2)cc1OC. The van der Waals surface area contributed by atoms with Crippen molar-refractivity contribution in [1.82, 2.24) is 14.8 Å². The van der Waals surface area contributed by atoms with Gasteiger partial charge in [-0.2, -0.15) is 0 Å². The summed E-state index contributed by atoms with van der Waals surface area (Å²) in [4.78, 5) is 22.8. The summed E-state index contributed by atoms with van der Waals surface area (Å²) in [6, 6.07) is 32.8. The second-order valence-electron chi connectivity index (χ2n) is 10.9. The molecule has 8 heteroatoms. The molecular formula is C37H38FN3O3S. The van der Waals surface area contributed by atoms with E-state index in [9.17, 15) is 9.18 Å². The Morgan fingerprint density at radius 1 is 0.711 bits per heavy atom. The van der Waals surface area contributed by atoms with E-state index in [2.05, 4.69) is 17.0 Å². The minimum atomic E-state index is -0.258. The second kappa shape index (κ2) is 16.0. The summed E-state index contributed by atoms with van der Waals surface area (Å²) in [6.07, 6.45) is 1.53. The van der Waals surface area contributed by atoms with Gasteiger partial charge in [0, 0.05) is 31.6 Å². The molecule has 0 unspecified atom stereocenters. The molecular weight excluding hydrogens is 585 g/mol. The number of benzene rings is 4. The predicted octanol–water partition coefficient (Wildman–Crippen LogP) is 7.43. The lowest BCUT2D eigenvalue weighted by atomic mass is 10.1. The summed E-state index contributed by atoms with van der Waals surface area (Å²) in [5, 5.41) is 2.72. The van der Waals surface area contributed by atoms with Crippen LogP contribution in [0.15, 0.2) is 109 Å². The minimum Gasteiger partial charge on any atom is -0.493 e. The summed E-state index contributed by atoms with van der Waals surface area (Å²) < 4.78 is 24.5. The monoisotopic (exact) mass is 623 g/mol. The van der Waals surface area contributed by atoms with Crippen molar-refractivity contribution in [2.45, 2.75) is 32.5 Å². The largest absolute Gasteiger partial charge is 0.493 e. The first-order chi connectivity index (χ1) is 22.0. The van der Waals surface area contributed by atoms with Gasteiger partial charge in [-0.15, -0.1) is 11.3 Å². The molecule has 1 heterocycles. The van der Waals surface area contributed by atoms with E-state index in [-0.39, 0.29) is 11.7 Å². The first kappa shape index (κ1) is 31.9. The number of methoxy groups -OCH3 is 2. The average molecular weight is 624 g/mol. The molecule has 1 amide bonds. The lowest BCUT2D eigenvalue weighted by Gasteiger charge is -2.23. The van der Waals surface area contributed by atoms with Crippen molar-refractivity contribution in [1.29, 1.82) is 0 Å². The Hall–Kier alpha value is -4.53. The number of amides is 1. The first-order valence-corrected chi connectivity index (χ1v) is 15.9. The van der Waals surface area contributed by atoms with Crippen LogP contribution in [0.3, 0.4) is 0 Å². The summed E-state index contributed by atoms with van der Waals surface area (Å²) in [5.74, 6) is 1.05. The molecule has 0 saturated heterocycles. The third kappa shape index (κ3) is 9.23. The summed E-state index contributed by atoms with van der Waals surface area (Å²) >= 11 is 1.49. The molecule has 45 heavy (non-hydrogen) atoms. The van der Waals surface area contributed by atoms with E-state index < -0.39 is 0 Å². The van der Waals surface area contributed by atoms with Crippen LogP contribution in [0.25, 0.3) is 0 Å². The number of hydrogen-bond acceptors (Lipinski definition) is 6. The molecule has 5 rings (SSSR count). The molecule has 0 aliphatic carbocycles. The maximum absolute atomic E-state index is 13.8. The zero-order chi connectivity index (χ0) is 31.4. The Morgan fingerprint density at radius 2 is 1.33 bits per heavy atom. The summed E-state index contributed by atoms with van der Waals surface area (Å²) in [5.41, 5.74) is 4.84. The average Bonchev–Trinajstić information content (AvgIpc) is 3.55. The Bertz CT molecular complexity index is 1650. The quantitative estimate of drug-likeness (QED) is 0.121. The summed E-state index contributed by atoms with van der Waals surface area (Å²) in [6.45, 7) is 3.01. The first-order valence-electron chi connectivity index (χ1n) is 15.0. The van der Waals surface area contributed by atoms with Crippen LogP contribution in [0, 0.1) is 5.82 Å². The molecule has 0 bridgehead atoms. The molecule has 4 aromatic carbocycles. The molecule has 0 saturated carbocycles. The van der Waals surface area contributed by atoms with Crippen LogP contribution in [0.1, 0.15) is 37.7 Å². The van der Waals surface area contributed by atoms with Gasteiger partial charge in [0.05, 0.1) is 20.8 Å². The number of thiazole rings is 1. The number of ether oxygens (including phenoxy) is 2. The molecule has 0 atom stereocenters. The van der Waals surface area contributed by atoms with Crippen molar-refractivity contribution in [2.75, 3.05) is 27.3 Å². The van der Waals surface area contributed by atoms with Gasteiger partial charge in [-0.05, 0) is 59.4 Å². The van der Waals surface area contributed by atoms with Gasteiger partial charge in [0.2, 0.25) is 0 Å². The van der Waals surface area contributed by atoms with E-state index in [4.69, 9.17) is 14.5 Å². The van der Waals surface area contributed by atoms with E-state index in [0.29, 0.717) is 43.4 Å². The lowest BCUT2D eigenvalue weighted by Crippen LogP contribution is -2.33. The topological polar surface area (TPSA) is 54.9 Å². The van der Waals surface area contributed by atoms with Crippen molar-refractivity contribution in [3.63, 3.8) is 0 Å². The standard InChI is InChI=1S/C37H38FN3O3S/c1-43-34-18-15-29(23-35(34)44-2)19-21-40(24-31-13-16-32(38)17-14-31)26-36-39-33(27-45-36)37(42)41(25-30-11-7-4-8-12-30)22-20-28-9-5-3-6-10-28/h3-18,23,27H,19-22,24-26H2,1-2H3. The molecule has 0 spiro atoms. The molecule has 232 valence electrons. The van der Waals surface area contributed by atoms with Gasteiger partial charge in [-0.1, -0.05) is 78.9 Å². The second-order valence-corrected chi connectivity index (χ2v) is 11.8. The minimum absolute atomic E-state index is 0.0762. The van der Waals surface area contributed by atoms with Gasteiger partial charge in [-0.25, -0.2) is 9.37 Å². The molecule has 0 N–H and O–H groups in total. The van der Waals surface area contributed by atoms with Gasteiger partial charge in [0.15, 0.2) is 11.5 Å². The zero-order valence-corrected chi connectivity index (χ0v) is 26.5. The van der Waals surface area contributed by atoms with Crippen molar-refractivity contribution >= 4 is 17.2 Å². The predicted molar refractivity (Wildman–Crippen MR) is 177 cm³/mol. The number of aromatic nitrogens is 1. The Balaban J connectivity index is 1.31. The van der Waals surface area contributed by atoms with Crippen LogP contribution in [-0.2, 0) is 32.5 Å². The Labute approximate surface area is 268 Å². The molecule has 0 aliphatic heterocycles. The number of halogens is 1. The van der Waals surface area contributed by atoms with E-state index in [0.717, 1.165) is 41.1 Å². The molecule has 0 aliphatic rings. The van der Waals surface area contributed by atoms with Crippen molar-refractivity contribution in [3.05, 3.63) is 147 Å². The lowest BCUT2D eigenvalue weighted by molar-refractivity contribution is 0.0739. The molecule has 6 nitrogen and oxygen atoms in total. The maximum atomic E-state index is 13.8. The zero-order valence-electron chi connectivity index (χ0n) is 25.7. The summed E-state index contributed by atoms with van der Waals surface area (Å²) in [7, 11) is 3.26. The van der Waals surface area contributed by atoms with E-state index >= 15 is 0 Å². The molecule has 1 aromatic heterocycles. The molecule has 5 aromatic rings.